The Kier molecular flexibility index (Phi) is 5.07. The average molecular weight is 341 g/mol. The predicted octanol–water partition coefficient (Wildman–Crippen LogP) is 0.659. The van der Waals surface area contributed by atoms with Crippen molar-refractivity contribution in [3.63, 3.8) is 0 Å². The Morgan fingerprint density at radius 2 is 2.08 bits per heavy atom. The Balaban J connectivity index is 1.75. The van der Waals surface area contributed by atoms with E-state index in [0.717, 1.165) is 32.1 Å². The van der Waals surface area contributed by atoms with E-state index in [1.54, 1.807) is 0 Å². The summed E-state index contributed by atoms with van der Waals surface area (Å²) in [4.78, 5) is 19.5. The number of rotatable bonds is 3. The van der Waals surface area contributed by atoms with Gasteiger partial charge in [0.25, 0.3) is 5.91 Å². The molecule has 6 nitrogen and oxygen atoms in total. The molecule has 2 fully saturated rings. The lowest BCUT2D eigenvalue weighted by Crippen LogP contribution is -2.53. The van der Waals surface area contributed by atoms with E-state index in [-0.39, 0.29) is 26.3 Å². The van der Waals surface area contributed by atoms with Gasteiger partial charge < -0.3 is 19.6 Å². The number of hydrogen-bond donors (Lipinski definition) is 1. The molecule has 8 heteroatoms. The standard InChI is InChI=1S/C16H21F2N3O3/c17-12-7-13(18)14(19-8-12)15(22)21-5-6-24-11-16(23,10-21)9-20-3-1-2-4-20/h7-8,23H,1-6,9-11H2/t16-/m1/s1. The summed E-state index contributed by atoms with van der Waals surface area (Å²) in [5.74, 6) is -2.51. The Morgan fingerprint density at radius 1 is 1.33 bits per heavy atom. The van der Waals surface area contributed by atoms with Crippen molar-refractivity contribution in [1.29, 1.82) is 0 Å². The van der Waals surface area contributed by atoms with Crippen molar-refractivity contribution in [3.8, 4) is 0 Å². The predicted molar refractivity (Wildman–Crippen MR) is 81.5 cm³/mol. The summed E-state index contributed by atoms with van der Waals surface area (Å²) in [6, 6.07) is 0.630. The van der Waals surface area contributed by atoms with Gasteiger partial charge in [0.05, 0.1) is 26.0 Å². The third-order valence-corrected chi connectivity index (χ3v) is 4.38. The first-order valence-electron chi connectivity index (χ1n) is 8.10. The zero-order valence-electron chi connectivity index (χ0n) is 13.4. The van der Waals surface area contributed by atoms with E-state index >= 15 is 0 Å². The van der Waals surface area contributed by atoms with E-state index < -0.39 is 28.8 Å². The molecule has 1 amide bonds. The van der Waals surface area contributed by atoms with Crippen LogP contribution in [0.25, 0.3) is 0 Å². The van der Waals surface area contributed by atoms with Gasteiger partial charge in [0.15, 0.2) is 11.5 Å². The molecule has 0 aromatic carbocycles. The molecule has 0 radical (unpaired) electrons. The molecule has 1 atom stereocenters. The molecule has 24 heavy (non-hydrogen) atoms. The molecule has 1 aromatic heterocycles. The lowest BCUT2D eigenvalue weighted by atomic mass is 10.0. The van der Waals surface area contributed by atoms with Crippen LogP contribution >= 0.6 is 0 Å². The number of nitrogens with zero attached hydrogens (tertiary/aromatic N) is 3. The zero-order valence-corrected chi connectivity index (χ0v) is 13.4. The number of ether oxygens (including phenoxy) is 1. The number of carbonyl (C=O) groups is 1. The molecule has 132 valence electrons. The van der Waals surface area contributed by atoms with Crippen LogP contribution in [0.15, 0.2) is 12.3 Å². The number of amides is 1. The summed E-state index contributed by atoms with van der Waals surface area (Å²) in [7, 11) is 0. The summed E-state index contributed by atoms with van der Waals surface area (Å²) in [5, 5.41) is 10.9. The molecule has 0 aliphatic carbocycles. The van der Waals surface area contributed by atoms with Crippen molar-refractivity contribution in [2.24, 2.45) is 0 Å². The zero-order chi connectivity index (χ0) is 17.2. The maximum Gasteiger partial charge on any atom is 0.275 e. The first-order chi connectivity index (χ1) is 11.5. The largest absolute Gasteiger partial charge is 0.384 e. The van der Waals surface area contributed by atoms with E-state index in [4.69, 9.17) is 4.74 Å². The fourth-order valence-electron chi connectivity index (χ4n) is 3.26. The number of carbonyl (C=O) groups excluding carboxylic acids is 1. The molecule has 2 aliphatic heterocycles. The van der Waals surface area contributed by atoms with Gasteiger partial charge in [-0.3, -0.25) is 4.79 Å². The second-order valence-corrected chi connectivity index (χ2v) is 6.47. The van der Waals surface area contributed by atoms with Crippen LogP contribution in [0.3, 0.4) is 0 Å². The smallest absolute Gasteiger partial charge is 0.275 e. The highest BCUT2D eigenvalue weighted by atomic mass is 19.1. The van der Waals surface area contributed by atoms with E-state index in [0.29, 0.717) is 12.6 Å². The van der Waals surface area contributed by atoms with Gasteiger partial charge in [0, 0.05) is 19.2 Å². The number of aliphatic hydroxyl groups is 1. The maximum absolute atomic E-state index is 13.8. The SMILES string of the molecule is O=C(c1ncc(F)cc1F)N1CCOC[C@@](O)(CN2CCCC2)C1. The number of aromatic nitrogens is 1. The molecule has 0 unspecified atom stereocenters. The molecule has 3 rings (SSSR count). The third-order valence-electron chi connectivity index (χ3n) is 4.38. The number of halogens is 2. The lowest BCUT2D eigenvalue weighted by molar-refractivity contribution is -0.0525. The van der Waals surface area contributed by atoms with Gasteiger partial charge in [-0.2, -0.15) is 0 Å². The molecular formula is C16H21F2N3O3. The van der Waals surface area contributed by atoms with E-state index in [1.165, 1.54) is 4.90 Å². The van der Waals surface area contributed by atoms with Crippen LogP contribution in [-0.2, 0) is 4.74 Å². The van der Waals surface area contributed by atoms with Crippen LogP contribution in [0.5, 0.6) is 0 Å². The van der Waals surface area contributed by atoms with Gasteiger partial charge in [-0.15, -0.1) is 0 Å². The van der Waals surface area contributed by atoms with Gasteiger partial charge in [0.1, 0.15) is 11.4 Å². The van der Waals surface area contributed by atoms with Crippen LogP contribution in [0, 0.1) is 11.6 Å². The monoisotopic (exact) mass is 341 g/mol. The van der Waals surface area contributed by atoms with Crippen LogP contribution in [0.4, 0.5) is 8.78 Å². The quantitative estimate of drug-likeness (QED) is 0.875. The molecule has 2 aliphatic rings. The molecule has 2 saturated heterocycles. The highest BCUT2D eigenvalue weighted by Crippen LogP contribution is 2.19. The fraction of sp³-hybridized carbons (Fsp3) is 0.625. The third kappa shape index (κ3) is 3.88. The Labute approximate surface area is 139 Å². The second-order valence-electron chi connectivity index (χ2n) is 6.47. The summed E-state index contributed by atoms with van der Waals surface area (Å²) in [5.41, 5.74) is -1.66. The van der Waals surface area contributed by atoms with Crippen molar-refractivity contribution >= 4 is 5.91 Å². The first kappa shape index (κ1) is 17.2. The van der Waals surface area contributed by atoms with Gasteiger partial charge in [-0.05, 0) is 25.9 Å². The molecule has 1 N–H and O–H groups in total. The number of β-amino-alcohol motifs (C(OH)–C–C–N with tert-alkyl or cyclic N) is 1. The maximum atomic E-state index is 13.8. The van der Waals surface area contributed by atoms with E-state index in [1.807, 2.05) is 0 Å². The molecular weight excluding hydrogens is 320 g/mol. The normalized spacial score (nSPS) is 25.7. The van der Waals surface area contributed by atoms with Crippen molar-refractivity contribution in [1.82, 2.24) is 14.8 Å². The molecule has 0 spiro atoms. The minimum absolute atomic E-state index is 0.0286. The number of pyridine rings is 1. The van der Waals surface area contributed by atoms with Crippen LogP contribution < -0.4 is 0 Å². The topological polar surface area (TPSA) is 65.9 Å². The second kappa shape index (κ2) is 7.08. The molecule has 0 bridgehead atoms. The fourth-order valence-corrected chi connectivity index (χ4v) is 3.26. The summed E-state index contributed by atoms with van der Waals surface area (Å²) >= 11 is 0. The van der Waals surface area contributed by atoms with Gasteiger partial charge in [-0.1, -0.05) is 0 Å². The highest BCUT2D eigenvalue weighted by molar-refractivity contribution is 5.92. The van der Waals surface area contributed by atoms with Crippen molar-refractivity contribution in [2.75, 3.05) is 45.9 Å². The average Bonchev–Trinajstić information content (AvgIpc) is 2.94. The Bertz CT molecular complexity index is 610. The summed E-state index contributed by atoms with van der Waals surface area (Å²) < 4.78 is 32.2. The molecule has 1 aromatic rings. The minimum Gasteiger partial charge on any atom is -0.384 e. The summed E-state index contributed by atoms with van der Waals surface area (Å²) in [6.45, 7) is 2.83. The van der Waals surface area contributed by atoms with Gasteiger partial charge >= 0.3 is 0 Å². The Morgan fingerprint density at radius 3 is 2.79 bits per heavy atom. The molecule has 3 heterocycles. The van der Waals surface area contributed by atoms with Crippen LogP contribution in [0.2, 0.25) is 0 Å². The van der Waals surface area contributed by atoms with Crippen LogP contribution in [-0.4, -0.2) is 77.3 Å². The summed E-state index contributed by atoms with van der Waals surface area (Å²) in [6.07, 6.45) is 2.98. The highest BCUT2D eigenvalue weighted by Gasteiger charge is 2.37. The van der Waals surface area contributed by atoms with Crippen molar-refractivity contribution < 1.29 is 23.4 Å². The molecule has 0 saturated carbocycles. The Hall–Kier alpha value is -1.64. The van der Waals surface area contributed by atoms with Crippen molar-refractivity contribution in [2.45, 2.75) is 18.4 Å². The first-order valence-corrected chi connectivity index (χ1v) is 8.10. The van der Waals surface area contributed by atoms with Crippen molar-refractivity contribution in [3.05, 3.63) is 29.6 Å². The van der Waals surface area contributed by atoms with E-state index in [2.05, 4.69) is 9.88 Å². The lowest BCUT2D eigenvalue weighted by Gasteiger charge is -2.33. The van der Waals surface area contributed by atoms with Crippen LogP contribution in [0.1, 0.15) is 23.3 Å². The van der Waals surface area contributed by atoms with Gasteiger partial charge in [0.2, 0.25) is 0 Å². The van der Waals surface area contributed by atoms with E-state index in [9.17, 15) is 18.7 Å². The number of hydrogen-bond acceptors (Lipinski definition) is 5. The number of likely N-dealkylation sites (tertiary alicyclic amines) is 1. The minimum atomic E-state index is -1.22. The van der Waals surface area contributed by atoms with Gasteiger partial charge in [-0.25, -0.2) is 13.8 Å².